The van der Waals surface area contributed by atoms with Crippen LogP contribution in [-0.4, -0.2) is 53.3 Å². The van der Waals surface area contributed by atoms with Gasteiger partial charge in [0.25, 0.3) is 0 Å². The van der Waals surface area contributed by atoms with Gasteiger partial charge < -0.3 is 15.5 Å². The van der Waals surface area contributed by atoms with Gasteiger partial charge in [0.05, 0.1) is 6.04 Å². The highest BCUT2D eigenvalue weighted by atomic mass is 16.2. The number of likely N-dealkylation sites (tertiary alicyclic amines) is 1. The second kappa shape index (κ2) is 7.78. The van der Waals surface area contributed by atoms with Crippen molar-refractivity contribution < 1.29 is 9.59 Å². The van der Waals surface area contributed by atoms with Crippen LogP contribution in [0.3, 0.4) is 0 Å². The quantitative estimate of drug-likeness (QED) is 0.835. The summed E-state index contributed by atoms with van der Waals surface area (Å²) in [5.41, 5.74) is 5.98. The largest absolute Gasteiger partial charge is 0.341 e. The van der Waals surface area contributed by atoms with E-state index in [2.05, 4.69) is 0 Å². The van der Waals surface area contributed by atoms with Crippen molar-refractivity contribution in [3.63, 3.8) is 0 Å². The molecule has 2 atom stereocenters. The molecule has 2 N–H and O–H groups in total. The van der Waals surface area contributed by atoms with Gasteiger partial charge in [0.1, 0.15) is 0 Å². The van der Waals surface area contributed by atoms with Crippen LogP contribution in [0.2, 0.25) is 0 Å². The molecule has 0 radical (unpaired) electrons. The molecule has 0 aliphatic carbocycles. The van der Waals surface area contributed by atoms with Gasteiger partial charge in [0, 0.05) is 32.6 Å². The zero-order valence-corrected chi connectivity index (χ0v) is 14.1. The smallest absolute Gasteiger partial charge is 0.239 e. The summed E-state index contributed by atoms with van der Waals surface area (Å²) in [6.45, 7) is 11.9. The Hall–Kier alpha value is -1.10. The minimum atomic E-state index is -0.419. The molecule has 0 spiro atoms. The number of nitrogens with two attached hydrogens (primary N) is 1. The summed E-state index contributed by atoms with van der Waals surface area (Å²) in [6.07, 6.45) is 2.06. The van der Waals surface area contributed by atoms with Crippen molar-refractivity contribution in [3.8, 4) is 0 Å². The van der Waals surface area contributed by atoms with E-state index in [1.807, 2.05) is 37.5 Å². The lowest BCUT2D eigenvalue weighted by atomic mass is 9.95. The molecule has 5 heteroatoms. The molecule has 1 aliphatic rings. The van der Waals surface area contributed by atoms with Crippen LogP contribution in [0.5, 0.6) is 0 Å². The van der Waals surface area contributed by atoms with Crippen LogP contribution in [-0.2, 0) is 9.59 Å². The first kappa shape index (κ1) is 18.0. The highest BCUT2D eigenvalue weighted by Crippen LogP contribution is 2.20. The standard InChI is InChI=1S/C16H31N3O2/c1-11(2)15(17)16(21)18-8-6-7-14(9-18)10-19(12(3)4)13(5)20/h11-12,14-15H,6-10,17H2,1-5H3/t14-,15-/m0/s1. The summed E-state index contributed by atoms with van der Waals surface area (Å²) in [5, 5.41) is 0. The highest BCUT2D eigenvalue weighted by Gasteiger charge is 2.30. The minimum absolute atomic E-state index is 0.0496. The minimum Gasteiger partial charge on any atom is -0.341 e. The first-order chi connectivity index (χ1) is 9.73. The molecule has 0 bridgehead atoms. The number of carbonyl (C=O) groups is 2. The Balaban J connectivity index is 2.63. The fourth-order valence-electron chi connectivity index (χ4n) is 2.89. The molecule has 0 saturated carbocycles. The van der Waals surface area contributed by atoms with Gasteiger partial charge in [-0.3, -0.25) is 9.59 Å². The van der Waals surface area contributed by atoms with Crippen LogP contribution in [0.1, 0.15) is 47.5 Å². The molecular formula is C16H31N3O2. The van der Waals surface area contributed by atoms with E-state index in [0.717, 1.165) is 32.5 Å². The van der Waals surface area contributed by atoms with Crippen molar-refractivity contribution >= 4 is 11.8 Å². The van der Waals surface area contributed by atoms with E-state index in [4.69, 9.17) is 5.73 Å². The normalized spacial score (nSPS) is 20.8. The van der Waals surface area contributed by atoms with Crippen LogP contribution >= 0.6 is 0 Å². The third-order valence-electron chi connectivity index (χ3n) is 4.32. The van der Waals surface area contributed by atoms with E-state index >= 15 is 0 Å². The number of hydrogen-bond acceptors (Lipinski definition) is 3. The van der Waals surface area contributed by atoms with Crippen molar-refractivity contribution in [1.29, 1.82) is 0 Å². The van der Waals surface area contributed by atoms with Crippen LogP contribution in [0.4, 0.5) is 0 Å². The van der Waals surface area contributed by atoms with Gasteiger partial charge in [0.15, 0.2) is 0 Å². The SMILES string of the molecule is CC(=O)N(C[C@H]1CCCN(C(=O)[C@@H](N)C(C)C)C1)C(C)C. The molecule has 122 valence electrons. The topological polar surface area (TPSA) is 66.6 Å². The number of rotatable bonds is 5. The van der Waals surface area contributed by atoms with Crippen LogP contribution in [0, 0.1) is 11.8 Å². The number of amides is 2. The molecule has 2 amide bonds. The lowest BCUT2D eigenvalue weighted by Gasteiger charge is -2.38. The average Bonchev–Trinajstić information content (AvgIpc) is 2.42. The van der Waals surface area contributed by atoms with Gasteiger partial charge >= 0.3 is 0 Å². The number of piperidine rings is 1. The Bertz CT molecular complexity index is 369. The number of carbonyl (C=O) groups excluding carboxylic acids is 2. The zero-order chi connectivity index (χ0) is 16.2. The molecule has 0 unspecified atom stereocenters. The summed E-state index contributed by atoms with van der Waals surface area (Å²) in [5.74, 6) is 0.663. The first-order valence-corrected chi connectivity index (χ1v) is 8.05. The van der Waals surface area contributed by atoms with E-state index in [1.165, 1.54) is 0 Å². The molecule has 21 heavy (non-hydrogen) atoms. The molecule has 1 rings (SSSR count). The van der Waals surface area contributed by atoms with Gasteiger partial charge in [-0.2, -0.15) is 0 Å². The maximum Gasteiger partial charge on any atom is 0.239 e. The van der Waals surface area contributed by atoms with Crippen molar-refractivity contribution in [1.82, 2.24) is 9.80 Å². The molecular weight excluding hydrogens is 266 g/mol. The van der Waals surface area contributed by atoms with Crippen LogP contribution < -0.4 is 5.73 Å². The summed E-state index contributed by atoms with van der Waals surface area (Å²) in [7, 11) is 0. The Morgan fingerprint density at radius 1 is 1.29 bits per heavy atom. The second-order valence-electron chi connectivity index (χ2n) is 6.83. The van der Waals surface area contributed by atoms with Gasteiger partial charge in [-0.25, -0.2) is 0 Å². The summed E-state index contributed by atoms with van der Waals surface area (Å²) >= 11 is 0. The third kappa shape index (κ3) is 4.99. The summed E-state index contributed by atoms with van der Waals surface area (Å²) < 4.78 is 0. The van der Waals surface area contributed by atoms with Crippen molar-refractivity contribution in [2.45, 2.75) is 59.5 Å². The molecule has 0 aromatic heterocycles. The number of hydrogen-bond donors (Lipinski definition) is 1. The second-order valence-corrected chi connectivity index (χ2v) is 6.83. The Morgan fingerprint density at radius 2 is 1.90 bits per heavy atom. The van der Waals surface area contributed by atoms with E-state index in [0.29, 0.717) is 5.92 Å². The molecule has 0 aromatic rings. The lowest BCUT2D eigenvalue weighted by Crippen LogP contribution is -2.52. The predicted molar refractivity (Wildman–Crippen MR) is 84.6 cm³/mol. The Kier molecular flexibility index (Phi) is 6.65. The van der Waals surface area contributed by atoms with Crippen molar-refractivity contribution in [3.05, 3.63) is 0 Å². The van der Waals surface area contributed by atoms with Crippen molar-refractivity contribution in [2.24, 2.45) is 17.6 Å². The van der Waals surface area contributed by atoms with Gasteiger partial charge in [-0.05, 0) is 38.5 Å². The van der Waals surface area contributed by atoms with E-state index in [1.54, 1.807) is 6.92 Å². The summed E-state index contributed by atoms with van der Waals surface area (Å²) in [4.78, 5) is 27.8. The third-order valence-corrected chi connectivity index (χ3v) is 4.32. The fraction of sp³-hybridized carbons (Fsp3) is 0.875. The monoisotopic (exact) mass is 297 g/mol. The van der Waals surface area contributed by atoms with Crippen LogP contribution in [0.25, 0.3) is 0 Å². The fourth-order valence-corrected chi connectivity index (χ4v) is 2.89. The van der Waals surface area contributed by atoms with Gasteiger partial charge in [-0.15, -0.1) is 0 Å². The first-order valence-electron chi connectivity index (χ1n) is 8.05. The van der Waals surface area contributed by atoms with Crippen molar-refractivity contribution in [2.75, 3.05) is 19.6 Å². The van der Waals surface area contributed by atoms with E-state index < -0.39 is 6.04 Å². The average molecular weight is 297 g/mol. The molecule has 1 saturated heterocycles. The Morgan fingerprint density at radius 3 is 2.38 bits per heavy atom. The molecule has 1 aliphatic heterocycles. The van der Waals surface area contributed by atoms with Gasteiger partial charge in [-0.1, -0.05) is 13.8 Å². The number of nitrogens with zero attached hydrogens (tertiary/aromatic N) is 2. The summed E-state index contributed by atoms with van der Waals surface area (Å²) in [6, 6.07) is -0.218. The van der Waals surface area contributed by atoms with Crippen LogP contribution in [0.15, 0.2) is 0 Å². The van der Waals surface area contributed by atoms with E-state index in [9.17, 15) is 9.59 Å². The maximum absolute atomic E-state index is 12.4. The maximum atomic E-state index is 12.4. The predicted octanol–water partition coefficient (Wildman–Crippen LogP) is 1.47. The molecule has 1 fully saturated rings. The zero-order valence-electron chi connectivity index (χ0n) is 14.1. The molecule has 5 nitrogen and oxygen atoms in total. The highest BCUT2D eigenvalue weighted by molar-refractivity contribution is 5.82. The molecule has 0 aromatic carbocycles. The molecule has 1 heterocycles. The van der Waals surface area contributed by atoms with E-state index in [-0.39, 0.29) is 23.8 Å². The van der Waals surface area contributed by atoms with Gasteiger partial charge in [0.2, 0.25) is 11.8 Å². The lowest BCUT2D eigenvalue weighted by molar-refractivity contribution is -0.136. The Labute approximate surface area is 128 Å².